The maximum absolute atomic E-state index is 2.55. The first-order valence-electron chi connectivity index (χ1n) is 23.6. The zero-order valence-electron chi connectivity index (χ0n) is 39.2. The maximum Gasteiger partial charge on any atom is 0.0726 e. The summed E-state index contributed by atoms with van der Waals surface area (Å²) in [5.74, 6) is 0. The zero-order chi connectivity index (χ0) is 45.9. The number of anilines is 3. The molecule has 0 bridgehead atoms. The monoisotopic (exact) mass is 881 g/mol. The van der Waals surface area contributed by atoms with Crippen LogP contribution in [0.4, 0.5) is 17.1 Å². The molecule has 2 heteroatoms. The van der Waals surface area contributed by atoms with Crippen molar-refractivity contribution in [2.75, 3.05) is 4.90 Å². The second-order valence-electron chi connectivity index (χ2n) is 20.2. The lowest BCUT2D eigenvalue weighted by molar-refractivity contribution is 0.586. The molecule has 326 valence electrons. The van der Waals surface area contributed by atoms with Gasteiger partial charge in [0.05, 0.1) is 5.41 Å². The van der Waals surface area contributed by atoms with E-state index in [1.165, 1.54) is 82.1 Å². The summed E-state index contributed by atoms with van der Waals surface area (Å²) in [4.78, 5) is 4.79. The molecule has 0 unspecified atom stereocenters. The van der Waals surface area contributed by atoms with Crippen LogP contribution in [-0.4, -0.2) is 0 Å². The van der Waals surface area contributed by atoms with E-state index >= 15 is 0 Å². The number of para-hydroxylation sites is 2. The lowest BCUT2D eigenvalue weighted by Gasteiger charge is -2.33. The molecule has 67 heavy (non-hydrogen) atoms. The lowest BCUT2D eigenvalue weighted by atomic mass is 9.68. The van der Waals surface area contributed by atoms with E-state index < -0.39 is 5.41 Å². The van der Waals surface area contributed by atoms with Crippen LogP contribution in [0.25, 0.3) is 45.5 Å². The largest absolute Gasteiger partial charge is 0.311 e. The van der Waals surface area contributed by atoms with E-state index in [4.69, 9.17) is 0 Å². The van der Waals surface area contributed by atoms with Gasteiger partial charge in [-0.3, -0.25) is 0 Å². The second-order valence-corrected chi connectivity index (χ2v) is 21.4. The van der Waals surface area contributed by atoms with Crippen LogP contribution in [0.5, 0.6) is 0 Å². The van der Waals surface area contributed by atoms with Crippen LogP contribution in [0.15, 0.2) is 222 Å². The highest BCUT2D eigenvalue weighted by Crippen LogP contribution is 2.64. The predicted octanol–water partition coefficient (Wildman–Crippen LogP) is 18.1. The Morgan fingerprint density at radius 1 is 0.358 bits per heavy atom. The number of rotatable bonds is 8. The first kappa shape index (κ1) is 42.5. The van der Waals surface area contributed by atoms with Crippen LogP contribution in [0.1, 0.15) is 86.1 Å². The molecule has 0 saturated carbocycles. The summed E-state index contributed by atoms with van der Waals surface area (Å²) in [6.45, 7) is 14.0. The Morgan fingerprint density at radius 2 is 0.761 bits per heavy atom. The first-order chi connectivity index (χ1) is 32.4. The van der Waals surface area contributed by atoms with E-state index in [1.54, 1.807) is 11.8 Å². The van der Waals surface area contributed by atoms with Crippen molar-refractivity contribution in [3.05, 3.63) is 257 Å². The van der Waals surface area contributed by atoms with Crippen molar-refractivity contribution in [3.8, 4) is 33.4 Å². The molecule has 0 amide bonds. The van der Waals surface area contributed by atoms with Crippen molar-refractivity contribution in [2.45, 2.75) is 67.6 Å². The molecule has 0 saturated heterocycles. The van der Waals surface area contributed by atoms with Crippen LogP contribution in [0.3, 0.4) is 0 Å². The Bertz CT molecular complexity index is 3190. The van der Waals surface area contributed by atoms with Gasteiger partial charge in [-0.25, -0.2) is 0 Å². The Kier molecular flexibility index (Phi) is 10.6. The van der Waals surface area contributed by atoms with E-state index in [-0.39, 0.29) is 10.8 Å². The minimum Gasteiger partial charge on any atom is -0.311 e. The minimum atomic E-state index is -0.513. The molecule has 0 atom stereocenters. The topological polar surface area (TPSA) is 3.24 Å². The van der Waals surface area contributed by atoms with E-state index in [0.29, 0.717) is 0 Å². The molecule has 0 aliphatic heterocycles. The lowest BCUT2D eigenvalue weighted by Crippen LogP contribution is -2.27. The first-order valence-corrected chi connectivity index (χ1v) is 24.4. The fourth-order valence-electron chi connectivity index (χ4n) is 10.3. The van der Waals surface area contributed by atoms with E-state index in [2.05, 4.69) is 271 Å². The molecule has 9 aromatic carbocycles. The molecule has 1 nitrogen and oxygen atoms in total. The van der Waals surface area contributed by atoms with Crippen molar-refractivity contribution < 1.29 is 0 Å². The van der Waals surface area contributed by atoms with Gasteiger partial charge in [-0.05, 0) is 162 Å². The molecule has 2 aliphatic rings. The van der Waals surface area contributed by atoms with Gasteiger partial charge in [-0.2, -0.15) is 0 Å². The Hall–Kier alpha value is -7.13. The quantitative estimate of drug-likeness (QED) is 0.140. The van der Waals surface area contributed by atoms with Crippen molar-refractivity contribution in [1.82, 2.24) is 0 Å². The minimum absolute atomic E-state index is 0.0213. The summed E-state index contributed by atoms with van der Waals surface area (Å²) in [5.41, 5.74) is 21.1. The Labute approximate surface area is 401 Å². The molecule has 0 fully saturated rings. The summed E-state index contributed by atoms with van der Waals surface area (Å²) < 4.78 is 0. The van der Waals surface area contributed by atoms with Crippen LogP contribution in [-0.2, 0) is 16.2 Å². The van der Waals surface area contributed by atoms with E-state index in [1.807, 2.05) is 0 Å². The molecular formula is C65H55NS. The molecule has 0 aromatic heterocycles. The average Bonchev–Trinajstić information content (AvgIpc) is 3.80. The van der Waals surface area contributed by atoms with Crippen molar-refractivity contribution in [3.63, 3.8) is 0 Å². The molecule has 11 rings (SSSR count). The van der Waals surface area contributed by atoms with Crippen LogP contribution in [0, 0.1) is 0 Å². The van der Waals surface area contributed by atoms with Gasteiger partial charge in [0.2, 0.25) is 0 Å². The van der Waals surface area contributed by atoms with Gasteiger partial charge in [-0.15, -0.1) is 0 Å². The maximum atomic E-state index is 2.55. The van der Waals surface area contributed by atoms with E-state index in [0.717, 1.165) is 22.6 Å². The normalized spacial score (nSPS) is 13.3. The molecule has 1 spiro atoms. The fraction of sp³-hybridized carbons (Fsp3) is 0.138. The molecule has 9 aromatic rings. The van der Waals surface area contributed by atoms with Crippen molar-refractivity contribution >= 4 is 41.0 Å². The number of fused-ring (bicyclic) bond motifs is 10. The highest BCUT2D eigenvalue weighted by atomic mass is 32.2. The molecule has 0 heterocycles. The smallest absolute Gasteiger partial charge is 0.0726 e. The Morgan fingerprint density at radius 3 is 1.30 bits per heavy atom. The summed E-state index contributed by atoms with van der Waals surface area (Å²) in [6.07, 6.45) is 4.56. The summed E-state index contributed by atoms with van der Waals surface area (Å²) in [7, 11) is 0. The third kappa shape index (κ3) is 7.64. The molecule has 2 aliphatic carbocycles. The van der Waals surface area contributed by atoms with Gasteiger partial charge >= 0.3 is 0 Å². The highest BCUT2D eigenvalue weighted by Gasteiger charge is 2.52. The second kappa shape index (κ2) is 16.6. The van der Waals surface area contributed by atoms with Gasteiger partial charge in [-0.1, -0.05) is 205 Å². The summed E-state index contributed by atoms with van der Waals surface area (Å²) >= 11 is 1.81. The number of hydrogen-bond acceptors (Lipinski definition) is 2. The SMILES string of the molecule is CC(C)(C)c1ccc2c(c1)C1(c3cc(/C=C/c4ccc(N(c5ccccc5)c5ccccc5)cc4)ccc3-c3ccc(-c4ccc(Sc5ccccc5)cc4)cc31)c1cc(C(C)(C)C)ccc1-2. The number of hydrogen-bond donors (Lipinski definition) is 0. The fourth-order valence-corrected chi connectivity index (χ4v) is 11.2. The summed E-state index contributed by atoms with van der Waals surface area (Å²) in [5, 5.41) is 0. The molecule has 0 N–H and O–H groups in total. The average molecular weight is 882 g/mol. The van der Waals surface area contributed by atoms with E-state index in [9.17, 15) is 0 Å². The third-order valence-electron chi connectivity index (χ3n) is 13.8. The number of nitrogens with zero attached hydrogens (tertiary/aromatic N) is 1. The summed E-state index contributed by atoms with van der Waals surface area (Å²) in [6, 6.07) is 79.0. The number of benzene rings is 9. The molecule has 0 radical (unpaired) electrons. The van der Waals surface area contributed by atoms with Crippen molar-refractivity contribution in [1.29, 1.82) is 0 Å². The van der Waals surface area contributed by atoms with Crippen LogP contribution in [0.2, 0.25) is 0 Å². The van der Waals surface area contributed by atoms with Gasteiger partial charge in [0, 0.05) is 26.9 Å². The van der Waals surface area contributed by atoms with Crippen LogP contribution >= 0.6 is 11.8 Å². The van der Waals surface area contributed by atoms with Crippen molar-refractivity contribution in [2.24, 2.45) is 0 Å². The highest BCUT2D eigenvalue weighted by molar-refractivity contribution is 7.99. The van der Waals surface area contributed by atoms with Gasteiger partial charge in [0.25, 0.3) is 0 Å². The standard InChI is InChI=1S/C65H55NS/c1-63(2,3)48-30-38-57-58-39-31-49(64(4,5)6)43-62(58)65(61(57)42-48)59-40-45(23-22-44-24-32-52(33-25-44)66(50-16-10-7-11-17-50)51-18-12-8-13-19-51)26-36-55(59)56-37-29-47(41-60(56)65)46-27-34-54(35-28-46)67-53-20-14-9-15-21-53/h7-43H,1-6H3/b23-22+. The predicted molar refractivity (Wildman–Crippen MR) is 286 cm³/mol. The van der Waals surface area contributed by atoms with Gasteiger partial charge in [0.1, 0.15) is 0 Å². The third-order valence-corrected chi connectivity index (χ3v) is 14.9. The zero-order valence-corrected chi connectivity index (χ0v) is 40.0. The van der Waals surface area contributed by atoms with Gasteiger partial charge in [0.15, 0.2) is 0 Å². The molecular weight excluding hydrogens is 827 g/mol. The Balaban J connectivity index is 1.05. The van der Waals surface area contributed by atoms with Gasteiger partial charge < -0.3 is 4.90 Å². The van der Waals surface area contributed by atoms with Crippen LogP contribution < -0.4 is 4.90 Å².